The molecule has 2 aliphatic heterocycles. The molecule has 3 rings (SSSR count). The number of nitrogens with zero attached hydrogens (tertiary/aromatic N) is 2. The third kappa shape index (κ3) is 1.85. The summed E-state index contributed by atoms with van der Waals surface area (Å²) in [6.45, 7) is 4.08. The van der Waals surface area contributed by atoms with E-state index in [1.54, 1.807) is 0 Å². The van der Waals surface area contributed by atoms with Crippen LogP contribution in [0.25, 0.3) is 0 Å². The highest BCUT2D eigenvalue weighted by atomic mass is 16.3. The normalized spacial score (nSPS) is 24.0. The molecule has 1 fully saturated rings. The van der Waals surface area contributed by atoms with Crippen LogP contribution in [0.1, 0.15) is 11.7 Å². The zero-order valence-corrected chi connectivity index (χ0v) is 10.4. The number of rotatable bonds is 1. The molecule has 0 aliphatic carbocycles. The van der Waals surface area contributed by atoms with Crippen molar-refractivity contribution in [3.05, 3.63) is 23.8 Å². The zero-order valence-electron chi connectivity index (χ0n) is 10.4. The largest absolute Gasteiger partial charge is 0.378 e. The van der Waals surface area contributed by atoms with Crippen LogP contribution in [-0.4, -0.2) is 49.1 Å². The smallest absolute Gasteiger partial charge is 0.257 e. The maximum Gasteiger partial charge on any atom is 0.257 e. The number of benzene rings is 1. The quantitative estimate of drug-likeness (QED) is 0.755. The van der Waals surface area contributed by atoms with Crippen LogP contribution in [0.3, 0.4) is 0 Å². The van der Waals surface area contributed by atoms with E-state index in [9.17, 15) is 9.90 Å². The number of aliphatic hydroxyl groups is 1. The van der Waals surface area contributed by atoms with E-state index in [4.69, 9.17) is 0 Å². The minimum atomic E-state index is -1.01. The predicted molar refractivity (Wildman–Crippen MR) is 69.7 cm³/mol. The molecule has 2 N–H and O–H groups in total. The van der Waals surface area contributed by atoms with E-state index < -0.39 is 6.10 Å². The summed E-state index contributed by atoms with van der Waals surface area (Å²) < 4.78 is 0. The van der Waals surface area contributed by atoms with Crippen LogP contribution in [0.15, 0.2) is 18.2 Å². The molecule has 0 spiro atoms. The van der Waals surface area contributed by atoms with Gasteiger partial charge in [0.25, 0.3) is 5.91 Å². The van der Waals surface area contributed by atoms with Crippen molar-refractivity contribution in [2.75, 3.05) is 43.4 Å². The maximum atomic E-state index is 11.4. The van der Waals surface area contributed by atoms with Crippen molar-refractivity contribution in [3.63, 3.8) is 0 Å². The van der Waals surface area contributed by atoms with Gasteiger partial charge in [-0.1, -0.05) is 6.07 Å². The molecule has 1 saturated heterocycles. The molecule has 5 heteroatoms. The lowest BCUT2D eigenvalue weighted by Crippen LogP contribution is -2.44. The molecule has 96 valence electrons. The van der Waals surface area contributed by atoms with Gasteiger partial charge in [-0.25, -0.2) is 0 Å². The Labute approximate surface area is 106 Å². The number of aliphatic hydroxyl groups excluding tert-OH is 1. The number of nitrogens with one attached hydrogen (secondary N) is 1. The van der Waals surface area contributed by atoms with Gasteiger partial charge in [-0.15, -0.1) is 0 Å². The Balaban J connectivity index is 1.83. The predicted octanol–water partition coefficient (Wildman–Crippen LogP) is 0.424. The molecule has 0 radical (unpaired) electrons. The first kappa shape index (κ1) is 11.5. The van der Waals surface area contributed by atoms with Gasteiger partial charge >= 0.3 is 0 Å². The lowest BCUT2D eigenvalue weighted by atomic mass is 10.1. The third-order valence-corrected chi connectivity index (χ3v) is 3.71. The molecule has 1 aromatic rings. The fraction of sp³-hybridized carbons (Fsp3) is 0.462. The Hall–Kier alpha value is -1.59. The van der Waals surface area contributed by atoms with Crippen LogP contribution in [0.4, 0.5) is 11.4 Å². The van der Waals surface area contributed by atoms with Gasteiger partial charge in [0.2, 0.25) is 0 Å². The topological polar surface area (TPSA) is 55.8 Å². The van der Waals surface area contributed by atoms with Gasteiger partial charge in [0, 0.05) is 43.1 Å². The number of hydrogen-bond donors (Lipinski definition) is 2. The second-order valence-corrected chi connectivity index (χ2v) is 4.95. The molecule has 2 heterocycles. The highest BCUT2D eigenvalue weighted by Crippen LogP contribution is 2.34. The van der Waals surface area contributed by atoms with Crippen LogP contribution >= 0.6 is 0 Å². The zero-order chi connectivity index (χ0) is 12.7. The summed E-state index contributed by atoms with van der Waals surface area (Å²) in [4.78, 5) is 16.0. The summed E-state index contributed by atoms with van der Waals surface area (Å²) in [5.41, 5.74) is 2.53. The molecular weight excluding hydrogens is 230 g/mol. The molecule has 0 aromatic heterocycles. The maximum absolute atomic E-state index is 11.4. The highest BCUT2D eigenvalue weighted by molar-refractivity contribution is 6.02. The van der Waals surface area contributed by atoms with E-state index in [1.165, 1.54) is 0 Å². The van der Waals surface area contributed by atoms with E-state index in [1.807, 2.05) is 18.2 Å². The molecule has 0 saturated carbocycles. The summed E-state index contributed by atoms with van der Waals surface area (Å²) in [6.07, 6.45) is -1.01. The number of likely N-dealkylation sites (N-methyl/N-ethyl adjacent to an activating group) is 1. The minimum absolute atomic E-state index is 0.333. The van der Waals surface area contributed by atoms with E-state index >= 15 is 0 Å². The van der Waals surface area contributed by atoms with Crippen molar-refractivity contribution >= 4 is 17.3 Å². The van der Waals surface area contributed by atoms with Crippen molar-refractivity contribution in [1.29, 1.82) is 0 Å². The van der Waals surface area contributed by atoms with E-state index in [0.717, 1.165) is 37.6 Å². The summed E-state index contributed by atoms with van der Waals surface area (Å²) >= 11 is 0. The van der Waals surface area contributed by atoms with E-state index in [-0.39, 0.29) is 5.91 Å². The number of fused-ring (bicyclic) bond motifs is 1. The van der Waals surface area contributed by atoms with Crippen molar-refractivity contribution in [2.24, 2.45) is 0 Å². The third-order valence-electron chi connectivity index (χ3n) is 3.71. The average molecular weight is 247 g/mol. The van der Waals surface area contributed by atoms with Gasteiger partial charge < -0.3 is 20.2 Å². The molecule has 5 nitrogen and oxygen atoms in total. The van der Waals surface area contributed by atoms with Crippen molar-refractivity contribution in [2.45, 2.75) is 6.10 Å². The summed E-state index contributed by atoms with van der Waals surface area (Å²) in [5, 5.41) is 12.4. The molecule has 2 aliphatic rings. The van der Waals surface area contributed by atoms with Crippen LogP contribution in [0.5, 0.6) is 0 Å². The van der Waals surface area contributed by atoms with Crippen molar-refractivity contribution in [3.8, 4) is 0 Å². The summed E-state index contributed by atoms with van der Waals surface area (Å²) in [7, 11) is 2.12. The van der Waals surface area contributed by atoms with Crippen LogP contribution < -0.4 is 10.2 Å². The molecular formula is C13H17N3O2. The first-order valence-electron chi connectivity index (χ1n) is 6.21. The van der Waals surface area contributed by atoms with Crippen molar-refractivity contribution < 1.29 is 9.90 Å². The van der Waals surface area contributed by atoms with Gasteiger partial charge in [0.15, 0.2) is 6.10 Å². The lowest BCUT2D eigenvalue weighted by molar-refractivity contribution is -0.123. The number of carbonyl (C=O) groups excluding carboxylic acids is 1. The van der Waals surface area contributed by atoms with Crippen molar-refractivity contribution in [1.82, 2.24) is 4.90 Å². The monoisotopic (exact) mass is 247 g/mol. The molecule has 1 unspecified atom stereocenters. The van der Waals surface area contributed by atoms with Gasteiger partial charge in [-0.3, -0.25) is 4.79 Å². The van der Waals surface area contributed by atoms with Crippen LogP contribution in [0, 0.1) is 0 Å². The Morgan fingerprint density at radius 1 is 1.28 bits per heavy atom. The Bertz CT molecular complexity index is 481. The fourth-order valence-electron chi connectivity index (χ4n) is 2.49. The van der Waals surface area contributed by atoms with Crippen LogP contribution in [0.2, 0.25) is 0 Å². The second-order valence-electron chi connectivity index (χ2n) is 4.95. The number of carbonyl (C=O) groups is 1. The minimum Gasteiger partial charge on any atom is -0.378 e. The SMILES string of the molecule is CN1CCN(c2ccc3c(c2)NC(=O)C3O)CC1. The van der Waals surface area contributed by atoms with Crippen LogP contribution in [-0.2, 0) is 4.79 Å². The molecule has 1 aromatic carbocycles. The number of anilines is 2. The molecule has 0 bridgehead atoms. The van der Waals surface area contributed by atoms with E-state index in [0.29, 0.717) is 5.56 Å². The number of amides is 1. The fourth-order valence-corrected chi connectivity index (χ4v) is 2.49. The highest BCUT2D eigenvalue weighted by Gasteiger charge is 2.29. The summed E-state index contributed by atoms with van der Waals surface area (Å²) in [5.74, 6) is -0.333. The standard InChI is InChI=1S/C13H17N3O2/c1-15-4-6-16(7-5-15)9-2-3-10-11(8-9)14-13(18)12(10)17/h2-3,8,12,17H,4-7H2,1H3,(H,14,18). The summed E-state index contributed by atoms with van der Waals surface area (Å²) in [6, 6.07) is 5.77. The first-order chi connectivity index (χ1) is 8.65. The molecule has 1 amide bonds. The lowest BCUT2D eigenvalue weighted by Gasteiger charge is -2.34. The Morgan fingerprint density at radius 2 is 2.00 bits per heavy atom. The second kappa shape index (κ2) is 4.26. The van der Waals surface area contributed by atoms with E-state index in [2.05, 4.69) is 22.2 Å². The number of hydrogen-bond acceptors (Lipinski definition) is 4. The first-order valence-corrected chi connectivity index (χ1v) is 6.21. The number of piperazine rings is 1. The van der Waals surface area contributed by atoms with Gasteiger partial charge in [0.1, 0.15) is 0 Å². The average Bonchev–Trinajstić information content (AvgIpc) is 2.65. The van der Waals surface area contributed by atoms with Gasteiger partial charge in [-0.2, -0.15) is 0 Å². The Morgan fingerprint density at radius 3 is 2.72 bits per heavy atom. The van der Waals surface area contributed by atoms with Gasteiger partial charge in [-0.05, 0) is 19.2 Å². The Kier molecular flexibility index (Phi) is 2.72. The molecule has 18 heavy (non-hydrogen) atoms. The molecule has 1 atom stereocenters. The van der Waals surface area contributed by atoms with Gasteiger partial charge in [0.05, 0.1) is 0 Å².